The molecule has 0 radical (unpaired) electrons. The number of methoxy groups -OCH3 is 1. The summed E-state index contributed by atoms with van der Waals surface area (Å²) < 4.78 is 18.8. The van der Waals surface area contributed by atoms with Crippen molar-refractivity contribution in [2.24, 2.45) is 0 Å². The Morgan fingerprint density at radius 1 is 1.23 bits per heavy atom. The molecule has 6 heteroatoms. The maximum Gasteiger partial charge on any atom is 0.266 e. The lowest BCUT2D eigenvalue weighted by Gasteiger charge is -2.17. The van der Waals surface area contributed by atoms with Gasteiger partial charge in [0.05, 0.1) is 17.8 Å². The van der Waals surface area contributed by atoms with E-state index in [0.29, 0.717) is 22.7 Å². The van der Waals surface area contributed by atoms with Crippen molar-refractivity contribution in [3.8, 4) is 17.0 Å². The molecule has 26 heavy (non-hydrogen) atoms. The highest BCUT2D eigenvalue weighted by molar-refractivity contribution is 7.14. The lowest BCUT2D eigenvalue weighted by Crippen LogP contribution is -2.26. The molecule has 1 heterocycles. The van der Waals surface area contributed by atoms with Gasteiger partial charge in [-0.3, -0.25) is 4.79 Å². The molecule has 3 aromatic rings. The van der Waals surface area contributed by atoms with Crippen molar-refractivity contribution in [3.63, 3.8) is 0 Å². The molecule has 1 amide bonds. The zero-order valence-electron chi connectivity index (χ0n) is 14.8. The van der Waals surface area contributed by atoms with E-state index in [4.69, 9.17) is 4.74 Å². The van der Waals surface area contributed by atoms with Crippen molar-refractivity contribution in [2.75, 3.05) is 14.2 Å². The van der Waals surface area contributed by atoms with E-state index in [-0.39, 0.29) is 11.7 Å². The molecule has 0 bridgehead atoms. The monoisotopic (exact) mass is 370 g/mol. The standard InChI is InChI=1S/C20H19FN2O2S/c1-13-22-18(15-7-5-4-6-8-15)19(26-13)20(24)23(2)12-14-9-10-17(25-3)16(21)11-14/h4-11H,12H2,1-3H3. The van der Waals surface area contributed by atoms with Crippen LogP contribution in [-0.2, 0) is 6.54 Å². The summed E-state index contributed by atoms with van der Waals surface area (Å²) in [5, 5.41) is 0.830. The van der Waals surface area contributed by atoms with Gasteiger partial charge in [0, 0.05) is 19.2 Å². The summed E-state index contributed by atoms with van der Waals surface area (Å²) in [6, 6.07) is 14.3. The van der Waals surface area contributed by atoms with E-state index < -0.39 is 5.82 Å². The van der Waals surface area contributed by atoms with Crippen LogP contribution in [0.5, 0.6) is 5.75 Å². The molecule has 0 saturated heterocycles. The molecule has 0 aliphatic rings. The van der Waals surface area contributed by atoms with Crippen molar-refractivity contribution < 1.29 is 13.9 Å². The Balaban J connectivity index is 1.84. The molecular weight excluding hydrogens is 351 g/mol. The Bertz CT molecular complexity index is 925. The summed E-state index contributed by atoms with van der Waals surface area (Å²) in [7, 11) is 3.12. The largest absolute Gasteiger partial charge is 0.494 e. The lowest BCUT2D eigenvalue weighted by molar-refractivity contribution is 0.0790. The van der Waals surface area contributed by atoms with Gasteiger partial charge in [-0.2, -0.15) is 0 Å². The van der Waals surface area contributed by atoms with Crippen LogP contribution in [0.3, 0.4) is 0 Å². The third kappa shape index (κ3) is 3.75. The Labute approximate surface area is 155 Å². The number of thiazole rings is 1. The zero-order chi connectivity index (χ0) is 18.7. The molecule has 0 N–H and O–H groups in total. The van der Waals surface area contributed by atoms with Crippen LogP contribution >= 0.6 is 11.3 Å². The van der Waals surface area contributed by atoms with Crippen LogP contribution in [0.15, 0.2) is 48.5 Å². The molecule has 0 fully saturated rings. The molecule has 2 aromatic carbocycles. The second-order valence-corrected chi connectivity index (χ2v) is 7.11. The topological polar surface area (TPSA) is 42.4 Å². The lowest BCUT2D eigenvalue weighted by atomic mass is 10.1. The summed E-state index contributed by atoms with van der Waals surface area (Å²) >= 11 is 1.37. The van der Waals surface area contributed by atoms with Crippen molar-refractivity contribution in [3.05, 3.63) is 69.8 Å². The van der Waals surface area contributed by atoms with Crippen molar-refractivity contribution >= 4 is 17.2 Å². The normalized spacial score (nSPS) is 10.6. The van der Waals surface area contributed by atoms with Crippen LogP contribution in [0.4, 0.5) is 4.39 Å². The number of ether oxygens (including phenoxy) is 1. The molecule has 4 nitrogen and oxygen atoms in total. The van der Waals surface area contributed by atoms with Gasteiger partial charge in [-0.25, -0.2) is 9.37 Å². The fourth-order valence-corrected chi connectivity index (χ4v) is 3.63. The molecule has 134 valence electrons. The Morgan fingerprint density at radius 3 is 2.62 bits per heavy atom. The molecule has 0 spiro atoms. The van der Waals surface area contributed by atoms with Crippen LogP contribution < -0.4 is 4.74 Å². The van der Waals surface area contributed by atoms with Gasteiger partial charge in [0.2, 0.25) is 0 Å². The fraction of sp³-hybridized carbons (Fsp3) is 0.200. The Kier molecular flexibility index (Phi) is 5.32. The minimum Gasteiger partial charge on any atom is -0.494 e. The van der Waals surface area contributed by atoms with Crippen molar-refractivity contribution in [1.29, 1.82) is 0 Å². The molecule has 0 unspecified atom stereocenters. The van der Waals surface area contributed by atoms with Gasteiger partial charge in [-0.15, -0.1) is 11.3 Å². The second-order valence-electron chi connectivity index (χ2n) is 5.91. The fourth-order valence-electron chi connectivity index (χ4n) is 2.69. The highest BCUT2D eigenvalue weighted by Gasteiger charge is 2.21. The maximum absolute atomic E-state index is 13.9. The van der Waals surface area contributed by atoms with Crippen LogP contribution in [0, 0.1) is 12.7 Å². The SMILES string of the molecule is COc1ccc(CN(C)C(=O)c2sc(C)nc2-c2ccccc2)cc1F. The van der Waals surface area contributed by atoms with Gasteiger partial charge in [-0.05, 0) is 24.6 Å². The zero-order valence-corrected chi connectivity index (χ0v) is 15.6. The van der Waals surface area contributed by atoms with E-state index in [1.165, 1.54) is 24.5 Å². The summed E-state index contributed by atoms with van der Waals surface area (Å²) in [5.74, 6) is -0.387. The van der Waals surface area contributed by atoms with Gasteiger partial charge in [0.1, 0.15) is 4.88 Å². The molecule has 0 aliphatic carbocycles. The first-order chi connectivity index (χ1) is 12.5. The number of aromatic nitrogens is 1. The number of carbonyl (C=O) groups excluding carboxylic acids is 1. The summed E-state index contributed by atoms with van der Waals surface area (Å²) in [5.41, 5.74) is 2.29. The predicted octanol–water partition coefficient (Wildman–Crippen LogP) is 4.54. The van der Waals surface area contributed by atoms with E-state index in [0.717, 1.165) is 10.6 Å². The number of hydrogen-bond acceptors (Lipinski definition) is 4. The average Bonchev–Trinajstić information content (AvgIpc) is 3.03. The first kappa shape index (κ1) is 18.1. The number of amides is 1. The highest BCUT2D eigenvalue weighted by Crippen LogP contribution is 2.29. The first-order valence-corrected chi connectivity index (χ1v) is 8.92. The molecule has 0 atom stereocenters. The summed E-state index contributed by atoms with van der Waals surface area (Å²) in [6.07, 6.45) is 0. The van der Waals surface area contributed by atoms with E-state index >= 15 is 0 Å². The predicted molar refractivity (Wildman–Crippen MR) is 101 cm³/mol. The minimum absolute atomic E-state index is 0.134. The quantitative estimate of drug-likeness (QED) is 0.662. The highest BCUT2D eigenvalue weighted by atomic mass is 32.1. The number of carbonyl (C=O) groups is 1. The van der Waals surface area contributed by atoms with Crippen molar-refractivity contribution in [1.82, 2.24) is 9.88 Å². The minimum atomic E-state index is -0.440. The maximum atomic E-state index is 13.9. The van der Waals surface area contributed by atoms with E-state index in [9.17, 15) is 9.18 Å². The number of benzene rings is 2. The van der Waals surface area contributed by atoms with Crippen molar-refractivity contribution in [2.45, 2.75) is 13.5 Å². The van der Waals surface area contributed by atoms with Gasteiger partial charge in [-0.1, -0.05) is 36.4 Å². The Hall–Kier alpha value is -2.73. The molecule has 1 aromatic heterocycles. The molecule has 3 rings (SSSR count). The van der Waals surface area contributed by atoms with Gasteiger partial charge >= 0.3 is 0 Å². The summed E-state index contributed by atoms with van der Waals surface area (Å²) in [6.45, 7) is 2.18. The van der Waals surface area contributed by atoms with Crippen LogP contribution in [0.2, 0.25) is 0 Å². The smallest absolute Gasteiger partial charge is 0.266 e. The first-order valence-electron chi connectivity index (χ1n) is 8.10. The van der Waals surface area contributed by atoms with E-state index in [1.54, 1.807) is 24.1 Å². The number of rotatable bonds is 5. The van der Waals surface area contributed by atoms with Crippen LogP contribution in [0.1, 0.15) is 20.2 Å². The second kappa shape index (κ2) is 7.66. The number of nitrogens with zero attached hydrogens (tertiary/aromatic N) is 2. The summed E-state index contributed by atoms with van der Waals surface area (Å²) in [4.78, 5) is 19.6. The Morgan fingerprint density at radius 2 is 1.96 bits per heavy atom. The van der Waals surface area contributed by atoms with E-state index in [1.807, 2.05) is 37.3 Å². The third-order valence-corrected chi connectivity index (χ3v) is 4.92. The molecule has 0 saturated carbocycles. The molecular formula is C20H19FN2O2S. The van der Waals surface area contributed by atoms with Gasteiger partial charge < -0.3 is 9.64 Å². The number of aryl methyl sites for hydroxylation is 1. The average molecular weight is 370 g/mol. The number of halogens is 1. The third-order valence-electron chi connectivity index (χ3n) is 3.96. The van der Waals surface area contributed by atoms with E-state index in [2.05, 4.69) is 4.98 Å². The molecule has 0 aliphatic heterocycles. The van der Waals surface area contributed by atoms with Gasteiger partial charge in [0.15, 0.2) is 11.6 Å². The number of hydrogen-bond donors (Lipinski definition) is 0. The van der Waals surface area contributed by atoms with Crippen LogP contribution in [-0.4, -0.2) is 29.9 Å². The van der Waals surface area contributed by atoms with Crippen LogP contribution in [0.25, 0.3) is 11.3 Å². The van der Waals surface area contributed by atoms with Gasteiger partial charge in [0.25, 0.3) is 5.91 Å².